The molecule has 1 amide bonds. The number of rotatable bonds is 7. The molecule has 1 fully saturated rings. The van der Waals surface area contributed by atoms with E-state index in [9.17, 15) is 10.1 Å². The predicted molar refractivity (Wildman–Crippen MR) is 107 cm³/mol. The molecule has 0 aliphatic carbocycles. The van der Waals surface area contributed by atoms with Crippen LogP contribution in [0.2, 0.25) is 0 Å². The molecular weight excluding hydrogens is 386 g/mol. The summed E-state index contributed by atoms with van der Waals surface area (Å²) in [5, 5.41) is 12.1. The van der Waals surface area contributed by atoms with E-state index >= 15 is 0 Å². The minimum atomic E-state index is -0.881. The number of nitriles is 1. The van der Waals surface area contributed by atoms with Crippen LogP contribution in [0.25, 0.3) is 5.65 Å². The summed E-state index contributed by atoms with van der Waals surface area (Å²) >= 11 is 0. The highest BCUT2D eigenvalue weighted by atomic mass is 16.5. The van der Waals surface area contributed by atoms with Crippen LogP contribution < -0.4 is 5.32 Å². The number of carbonyl (C=O) groups excluding carboxylic acids is 1. The van der Waals surface area contributed by atoms with Crippen LogP contribution in [-0.4, -0.2) is 53.6 Å². The number of ether oxygens (including phenoxy) is 2. The van der Waals surface area contributed by atoms with Crippen LogP contribution in [0.5, 0.6) is 0 Å². The topological polar surface area (TPSA) is 105 Å². The summed E-state index contributed by atoms with van der Waals surface area (Å²) in [6, 6.07) is 8.00. The summed E-state index contributed by atoms with van der Waals surface area (Å²) < 4.78 is 18.0. The third-order valence-corrected chi connectivity index (χ3v) is 5.07. The molecule has 1 aliphatic rings. The van der Waals surface area contributed by atoms with Crippen LogP contribution in [0.1, 0.15) is 33.5 Å². The fourth-order valence-electron chi connectivity index (χ4n) is 3.56. The van der Waals surface area contributed by atoms with E-state index in [1.165, 1.54) is 6.26 Å². The number of imidazole rings is 1. The summed E-state index contributed by atoms with van der Waals surface area (Å²) in [7, 11) is 1.62. The lowest BCUT2D eigenvalue weighted by Crippen LogP contribution is -2.36. The molecule has 0 radical (unpaired) electrons. The van der Waals surface area contributed by atoms with Gasteiger partial charge >= 0.3 is 0 Å². The summed E-state index contributed by atoms with van der Waals surface area (Å²) in [6.45, 7) is 4.11. The van der Waals surface area contributed by atoms with Crippen LogP contribution in [0, 0.1) is 11.3 Å². The van der Waals surface area contributed by atoms with Gasteiger partial charge in [0.15, 0.2) is 6.04 Å². The maximum Gasteiger partial charge on any atom is 0.256 e. The third-order valence-electron chi connectivity index (χ3n) is 5.07. The van der Waals surface area contributed by atoms with Crippen molar-refractivity contribution in [1.82, 2.24) is 19.6 Å². The Morgan fingerprint density at radius 3 is 2.90 bits per heavy atom. The van der Waals surface area contributed by atoms with E-state index in [1.54, 1.807) is 31.4 Å². The molecular formula is C21H23N5O4. The second-order valence-corrected chi connectivity index (χ2v) is 6.99. The monoisotopic (exact) mass is 409 g/mol. The van der Waals surface area contributed by atoms with Gasteiger partial charge < -0.3 is 23.6 Å². The summed E-state index contributed by atoms with van der Waals surface area (Å²) in [5.41, 5.74) is 2.68. The largest absolute Gasteiger partial charge is 0.466 e. The van der Waals surface area contributed by atoms with Crippen molar-refractivity contribution in [2.45, 2.75) is 19.2 Å². The predicted octanol–water partition coefficient (Wildman–Crippen LogP) is 1.90. The number of nitrogens with one attached hydrogen (secondary N) is 1. The lowest BCUT2D eigenvalue weighted by Gasteiger charge is -2.26. The molecule has 3 aromatic heterocycles. The molecule has 4 heterocycles. The Labute approximate surface area is 173 Å². The Morgan fingerprint density at radius 2 is 2.20 bits per heavy atom. The normalized spacial score (nSPS) is 15.7. The van der Waals surface area contributed by atoms with Gasteiger partial charge in [0, 0.05) is 32.9 Å². The number of pyridine rings is 1. The van der Waals surface area contributed by atoms with E-state index in [0.717, 1.165) is 24.5 Å². The Morgan fingerprint density at radius 1 is 1.37 bits per heavy atom. The number of morpholine rings is 1. The maximum absolute atomic E-state index is 13.0. The number of hydrogen-bond donors (Lipinski definition) is 1. The minimum Gasteiger partial charge on any atom is -0.466 e. The SMILES string of the molecule is COCc1nc2c(C(=O)NC(C#N)c3ccco3)cccn2c1CN1CCOCC1. The average Bonchev–Trinajstić information content (AvgIpc) is 3.42. The van der Waals surface area contributed by atoms with Crippen molar-refractivity contribution in [2.75, 3.05) is 33.4 Å². The molecule has 1 unspecified atom stereocenters. The minimum absolute atomic E-state index is 0.343. The van der Waals surface area contributed by atoms with Crippen LogP contribution in [-0.2, 0) is 22.6 Å². The van der Waals surface area contributed by atoms with Crippen molar-refractivity contribution < 1.29 is 18.7 Å². The first-order valence-electron chi connectivity index (χ1n) is 9.73. The van der Waals surface area contributed by atoms with Gasteiger partial charge in [-0.05, 0) is 24.3 Å². The van der Waals surface area contributed by atoms with Gasteiger partial charge in [0.2, 0.25) is 0 Å². The van der Waals surface area contributed by atoms with Gasteiger partial charge in [0.05, 0.1) is 49.1 Å². The van der Waals surface area contributed by atoms with Gasteiger partial charge in [-0.3, -0.25) is 9.69 Å². The van der Waals surface area contributed by atoms with Crippen molar-refractivity contribution in [3.63, 3.8) is 0 Å². The van der Waals surface area contributed by atoms with Gasteiger partial charge in [0.25, 0.3) is 5.91 Å². The zero-order chi connectivity index (χ0) is 20.9. The van der Waals surface area contributed by atoms with Gasteiger partial charge in [-0.2, -0.15) is 5.26 Å². The molecule has 9 heteroatoms. The van der Waals surface area contributed by atoms with E-state index in [0.29, 0.717) is 43.3 Å². The summed E-state index contributed by atoms with van der Waals surface area (Å²) in [4.78, 5) is 20.0. The highest BCUT2D eigenvalue weighted by Gasteiger charge is 2.23. The van der Waals surface area contributed by atoms with Crippen molar-refractivity contribution >= 4 is 11.6 Å². The highest BCUT2D eigenvalue weighted by Crippen LogP contribution is 2.21. The smallest absolute Gasteiger partial charge is 0.256 e. The van der Waals surface area contributed by atoms with Crippen molar-refractivity contribution in [3.05, 3.63) is 59.4 Å². The number of furan rings is 1. The summed E-state index contributed by atoms with van der Waals surface area (Å²) in [6.07, 6.45) is 3.36. The second kappa shape index (κ2) is 9.09. The van der Waals surface area contributed by atoms with Crippen molar-refractivity contribution in [1.29, 1.82) is 5.26 Å². The molecule has 3 aromatic rings. The third kappa shape index (κ3) is 4.07. The van der Waals surface area contributed by atoms with Gasteiger partial charge in [0.1, 0.15) is 11.4 Å². The molecule has 1 aliphatic heterocycles. The highest BCUT2D eigenvalue weighted by molar-refractivity contribution is 6.00. The molecule has 1 atom stereocenters. The molecule has 1 saturated heterocycles. The molecule has 1 N–H and O–H groups in total. The second-order valence-electron chi connectivity index (χ2n) is 6.99. The van der Waals surface area contributed by atoms with Crippen LogP contribution >= 0.6 is 0 Å². The lowest BCUT2D eigenvalue weighted by molar-refractivity contribution is 0.0331. The molecule has 0 spiro atoms. The number of carbonyl (C=O) groups is 1. The van der Waals surface area contributed by atoms with E-state index < -0.39 is 11.9 Å². The molecule has 4 rings (SSSR count). The average molecular weight is 409 g/mol. The zero-order valence-electron chi connectivity index (χ0n) is 16.7. The molecule has 0 aromatic carbocycles. The van der Waals surface area contributed by atoms with Gasteiger partial charge in [-0.15, -0.1) is 0 Å². The van der Waals surface area contributed by atoms with Gasteiger partial charge in [-0.25, -0.2) is 4.98 Å². The first-order chi connectivity index (χ1) is 14.7. The standard InChI is InChI=1S/C21H23N5O4/c1-28-14-17-18(13-25-7-10-29-11-8-25)26-6-2-4-15(20(26)23-17)21(27)24-16(12-22)19-5-3-9-30-19/h2-6,9,16H,7-8,10-11,13-14H2,1H3,(H,24,27). The first-order valence-corrected chi connectivity index (χ1v) is 9.73. The fraction of sp³-hybridized carbons (Fsp3) is 0.381. The van der Waals surface area contributed by atoms with E-state index in [2.05, 4.69) is 16.3 Å². The fourth-order valence-corrected chi connectivity index (χ4v) is 3.56. The zero-order valence-corrected chi connectivity index (χ0v) is 16.7. The Bertz CT molecular complexity index is 1050. The maximum atomic E-state index is 13.0. The molecule has 0 bridgehead atoms. The number of methoxy groups -OCH3 is 1. The summed E-state index contributed by atoms with van der Waals surface area (Å²) in [5.74, 6) is -0.00957. The number of hydrogen-bond acceptors (Lipinski definition) is 7. The van der Waals surface area contributed by atoms with Crippen molar-refractivity contribution in [3.8, 4) is 6.07 Å². The molecule has 0 saturated carbocycles. The number of amides is 1. The van der Waals surface area contributed by atoms with Crippen molar-refractivity contribution in [2.24, 2.45) is 0 Å². The van der Waals surface area contributed by atoms with Crippen LogP contribution in [0.3, 0.4) is 0 Å². The molecule has 156 valence electrons. The Kier molecular flexibility index (Phi) is 6.09. The van der Waals surface area contributed by atoms with Gasteiger partial charge in [-0.1, -0.05) is 0 Å². The number of fused-ring (bicyclic) bond motifs is 1. The van der Waals surface area contributed by atoms with E-state index in [1.807, 2.05) is 10.6 Å². The van der Waals surface area contributed by atoms with E-state index in [-0.39, 0.29) is 0 Å². The Balaban J connectivity index is 1.66. The number of aromatic nitrogens is 2. The number of nitrogens with zero attached hydrogens (tertiary/aromatic N) is 4. The van der Waals surface area contributed by atoms with E-state index in [4.69, 9.17) is 18.9 Å². The van der Waals surface area contributed by atoms with Crippen LogP contribution in [0.4, 0.5) is 0 Å². The quantitative estimate of drug-likeness (QED) is 0.635. The molecule has 9 nitrogen and oxygen atoms in total. The molecule has 30 heavy (non-hydrogen) atoms. The Hall–Kier alpha value is -3.19. The van der Waals surface area contributed by atoms with Crippen LogP contribution in [0.15, 0.2) is 41.1 Å². The first kappa shape index (κ1) is 20.1. The lowest BCUT2D eigenvalue weighted by atomic mass is 10.2.